The Bertz CT molecular complexity index is 1010. The summed E-state index contributed by atoms with van der Waals surface area (Å²) < 4.78 is 21.8. The third-order valence-electron chi connectivity index (χ3n) is 7.81. The maximum Gasteiger partial charge on any atom is 0.192 e. The highest BCUT2D eigenvalue weighted by Gasteiger charge is 2.47. The molecule has 3 atom stereocenters. The van der Waals surface area contributed by atoms with Gasteiger partial charge in [-0.05, 0) is 36.3 Å². The molecule has 0 aliphatic carbocycles. The van der Waals surface area contributed by atoms with Crippen molar-refractivity contribution in [2.24, 2.45) is 0 Å². The van der Waals surface area contributed by atoms with Gasteiger partial charge >= 0.3 is 0 Å². The van der Waals surface area contributed by atoms with Gasteiger partial charge in [-0.3, -0.25) is 4.57 Å². The second kappa shape index (κ2) is 9.25. The summed E-state index contributed by atoms with van der Waals surface area (Å²) >= 11 is 0. The van der Waals surface area contributed by atoms with Gasteiger partial charge < -0.3 is 24.4 Å². The molecule has 1 aliphatic rings. The highest BCUT2D eigenvalue weighted by molar-refractivity contribution is 6.74. The standard InChI is InChI=1S/C23H43N5O4Si2/c1-22(2,3)33(7,8)30-13-15-11-16(32-34(9,10)23(4,5)6)21(31-15)28-17(12-29)27-18-19(24)25-14-26-20(18)28/h14-16,21,29H,11-13H2,1-10H3,(H2,24,25,26)/t15-,16+,21+/m0/s1. The highest BCUT2D eigenvalue weighted by atomic mass is 28.4. The summed E-state index contributed by atoms with van der Waals surface area (Å²) in [4.78, 5) is 13.0. The molecule has 34 heavy (non-hydrogen) atoms. The third-order valence-corrected chi connectivity index (χ3v) is 16.8. The van der Waals surface area contributed by atoms with Gasteiger partial charge in [0, 0.05) is 6.42 Å². The molecule has 11 heteroatoms. The summed E-state index contributed by atoms with van der Waals surface area (Å²) in [5, 5.41) is 10.3. The summed E-state index contributed by atoms with van der Waals surface area (Å²) in [6, 6.07) is 0. The van der Waals surface area contributed by atoms with Gasteiger partial charge in [-0.1, -0.05) is 41.5 Å². The number of rotatable bonds is 7. The maximum absolute atomic E-state index is 10.1. The number of anilines is 1. The molecule has 192 valence electrons. The average Bonchev–Trinajstić information content (AvgIpc) is 3.25. The van der Waals surface area contributed by atoms with Gasteiger partial charge in [0.1, 0.15) is 18.8 Å². The van der Waals surface area contributed by atoms with E-state index in [0.29, 0.717) is 30.0 Å². The minimum Gasteiger partial charge on any atom is -0.414 e. The molecule has 0 spiro atoms. The number of fused-ring (bicyclic) bond motifs is 1. The van der Waals surface area contributed by atoms with Gasteiger partial charge in [-0.25, -0.2) is 15.0 Å². The van der Waals surface area contributed by atoms with E-state index in [0.717, 1.165) is 0 Å². The molecule has 0 bridgehead atoms. The molecule has 0 saturated carbocycles. The lowest BCUT2D eigenvalue weighted by atomic mass is 10.2. The van der Waals surface area contributed by atoms with Gasteiger partial charge in [0.15, 0.2) is 39.8 Å². The molecule has 3 heterocycles. The van der Waals surface area contributed by atoms with Gasteiger partial charge in [0.2, 0.25) is 0 Å². The first-order valence-corrected chi connectivity index (χ1v) is 17.9. The number of aliphatic hydroxyl groups is 1. The van der Waals surface area contributed by atoms with Crippen molar-refractivity contribution in [2.75, 3.05) is 12.3 Å². The van der Waals surface area contributed by atoms with Crippen LogP contribution in [0, 0.1) is 0 Å². The van der Waals surface area contributed by atoms with Crippen LogP contribution in [0.5, 0.6) is 0 Å². The molecule has 1 aliphatic heterocycles. The van der Waals surface area contributed by atoms with E-state index < -0.39 is 22.9 Å². The number of nitrogens with two attached hydrogens (primary N) is 1. The number of nitrogens with zero attached hydrogens (tertiary/aromatic N) is 4. The fourth-order valence-electron chi connectivity index (χ4n) is 3.58. The molecule has 3 rings (SSSR count). The molecular formula is C23H43N5O4Si2. The Morgan fingerprint density at radius 1 is 1.09 bits per heavy atom. The van der Waals surface area contributed by atoms with E-state index in [4.69, 9.17) is 19.3 Å². The van der Waals surface area contributed by atoms with Crippen molar-refractivity contribution >= 4 is 33.6 Å². The normalized spacial score (nSPS) is 22.6. The fraction of sp³-hybridized carbons (Fsp3) is 0.783. The van der Waals surface area contributed by atoms with E-state index in [1.54, 1.807) is 0 Å². The van der Waals surface area contributed by atoms with Crippen LogP contribution in [0.4, 0.5) is 5.82 Å². The number of hydrogen-bond acceptors (Lipinski definition) is 8. The van der Waals surface area contributed by atoms with E-state index >= 15 is 0 Å². The van der Waals surface area contributed by atoms with Gasteiger partial charge in [0.25, 0.3) is 0 Å². The Kier molecular flexibility index (Phi) is 7.40. The first kappa shape index (κ1) is 27.2. The summed E-state index contributed by atoms with van der Waals surface area (Å²) in [7, 11) is -4.05. The second-order valence-corrected chi connectivity index (χ2v) is 21.9. The van der Waals surface area contributed by atoms with E-state index in [9.17, 15) is 5.11 Å². The second-order valence-electron chi connectivity index (χ2n) is 12.4. The van der Waals surface area contributed by atoms with Gasteiger partial charge in [0.05, 0.1) is 18.8 Å². The Balaban J connectivity index is 1.98. The summed E-state index contributed by atoms with van der Waals surface area (Å²) in [5.74, 6) is 0.707. The molecule has 0 amide bonds. The Morgan fingerprint density at radius 3 is 2.26 bits per heavy atom. The van der Waals surface area contributed by atoms with Crippen molar-refractivity contribution in [3.8, 4) is 0 Å². The van der Waals surface area contributed by atoms with Crippen molar-refractivity contribution in [2.45, 2.75) is 109 Å². The van der Waals surface area contributed by atoms with Gasteiger partial charge in [-0.2, -0.15) is 0 Å². The molecule has 0 aromatic carbocycles. The lowest BCUT2D eigenvalue weighted by Crippen LogP contribution is -2.45. The monoisotopic (exact) mass is 509 g/mol. The largest absolute Gasteiger partial charge is 0.414 e. The lowest BCUT2D eigenvalue weighted by Gasteiger charge is -2.39. The molecule has 1 saturated heterocycles. The van der Waals surface area contributed by atoms with Crippen LogP contribution in [0.15, 0.2) is 6.33 Å². The number of aliphatic hydroxyl groups excluding tert-OH is 1. The topological polar surface area (TPSA) is 118 Å². The number of aromatic nitrogens is 4. The zero-order valence-electron chi connectivity index (χ0n) is 22.5. The van der Waals surface area contributed by atoms with Crippen LogP contribution >= 0.6 is 0 Å². The zero-order chi connectivity index (χ0) is 25.7. The van der Waals surface area contributed by atoms with E-state index in [2.05, 4.69) is 82.7 Å². The Hall–Kier alpha value is -1.38. The van der Waals surface area contributed by atoms with Crippen LogP contribution in [-0.4, -0.2) is 60.1 Å². The van der Waals surface area contributed by atoms with Gasteiger partial charge in [-0.15, -0.1) is 0 Å². The zero-order valence-corrected chi connectivity index (χ0v) is 24.5. The van der Waals surface area contributed by atoms with E-state index in [1.807, 2.05) is 4.57 Å². The first-order valence-electron chi connectivity index (χ1n) is 12.0. The number of nitrogen functional groups attached to an aromatic ring is 1. The van der Waals surface area contributed by atoms with Crippen molar-refractivity contribution in [1.82, 2.24) is 19.5 Å². The number of imidazole rings is 1. The molecule has 0 unspecified atom stereocenters. The number of ether oxygens (including phenoxy) is 1. The minimum atomic E-state index is -2.12. The molecule has 2 aromatic heterocycles. The van der Waals surface area contributed by atoms with Crippen molar-refractivity contribution in [3.63, 3.8) is 0 Å². The van der Waals surface area contributed by atoms with Crippen LogP contribution in [0.25, 0.3) is 11.2 Å². The molecule has 2 aromatic rings. The Labute approximate surface area is 205 Å². The van der Waals surface area contributed by atoms with Crippen molar-refractivity contribution in [3.05, 3.63) is 12.2 Å². The third kappa shape index (κ3) is 5.24. The molecule has 3 N–H and O–H groups in total. The lowest BCUT2D eigenvalue weighted by molar-refractivity contribution is -0.0469. The van der Waals surface area contributed by atoms with Crippen LogP contribution in [0.1, 0.15) is 60.0 Å². The summed E-state index contributed by atoms with van der Waals surface area (Å²) in [6.07, 6.45) is 1.23. The smallest absolute Gasteiger partial charge is 0.192 e. The maximum atomic E-state index is 10.1. The van der Waals surface area contributed by atoms with E-state index in [1.165, 1.54) is 6.33 Å². The molecular weight excluding hydrogens is 466 g/mol. The van der Waals surface area contributed by atoms with Crippen molar-refractivity contribution in [1.29, 1.82) is 0 Å². The fourth-order valence-corrected chi connectivity index (χ4v) is 5.94. The first-order chi connectivity index (χ1) is 15.5. The van der Waals surface area contributed by atoms with Crippen molar-refractivity contribution < 1.29 is 18.7 Å². The highest BCUT2D eigenvalue weighted by Crippen LogP contribution is 2.43. The summed E-state index contributed by atoms with van der Waals surface area (Å²) in [6.45, 7) is 22.6. The van der Waals surface area contributed by atoms with Crippen LogP contribution < -0.4 is 5.73 Å². The average molecular weight is 510 g/mol. The predicted molar refractivity (Wildman–Crippen MR) is 139 cm³/mol. The minimum absolute atomic E-state index is 0.0384. The van der Waals surface area contributed by atoms with Crippen LogP contribution in [0.2, 0.25) is 36.3 Å². The predicted octanol–water partition coefficient (Wildman–Crippen LogP) is 4.60. The Morgan fingerprint density at radius 2 is 1.71 bits per heavy atom. The van der Waals surface area contributed by atoms with Crippen LogP contribution in [-0.2, 0) is 20.2 Å². The molecule has 1 fully saturated rings. The summed E-state index contributed by atoms with van der Waals surface area (Å²) in [5.41, 5.74) is 7.06. The number of hydrogen-bond donors (Lipinski definition) is 2. The quantitative estimate of drug-likeness (QED) is 0.520. The SMILES string of the molecule is CC(C)(C)[Si](C)(C)OC[C@@H]1C[C@@H](O[Si](C)(C)C(C)(C)C)[C@H](n2c(CO)nc3c(N)ncnc32)O1. The van der Waals surface area contributed by atoms with E-state index in [-0.39, 0.29) is 34.7 Å². The van der Waals surface area contributed by atoms with Crippen LogP contribution in [0.3, 0.4) is 0 Å². The molecule has 9 nitrogen and oxygen atoms in total. The molecule has 0 radical (unpaired) electrons.